The van der Waals surface area contributed by atoms with E-state index in [1.54, 1.807) is 0 Å². The number of benzene rings is 3. The maximum Gasteiger partial charge on any atom is 0.255 e. The smallest absolute Gasteiger partial charge is 0.255 e. The second-order valence-electron chi connectivity index (χ2n) is 6.89. The molecule has 4 aromatic rings. The number of aromatic amines is 1. The van der Waals surface area contributed by atoms with Crippen LogP contribution in [0, 0.1) is 13.8 Å². The Hall–Kier alpha value is -3.66. The molecule has 138 valence electrons. The van der Waals surface area contributed by atoms with Crippen LogP contribution in [0.2, 0.25) is 0 Å². The van der Waals surface area contributed by atoms with Gasteiger partial charge in [-0.1, -0.05) is 59.7 Å². The number of hydrogen-bond donors (Lipinski definition) is 2. The number of carbonyl (C=O) groups is 1. The molecule has 0 atom stereocenters. The maximum absolute atomic E-state index is 12.8. The molecule has 28 heavy (non-hydrogen) atoms. The minimum absolute atomic E-state index is 0.164. The zero-order valence-corrected chi connectivity index (χ0v) is 15.9. The van der Waals surface area contributed by atoms with E-state index in [0.717, 1.165) is 22.2 Å². The predicted molar refractivity (Wildman–Crippen MR) is 114 cm³/mol. The number of aryl methyl sites for hydroxylation is 2. The molecule has 4 heteroatoms. The lowest BCUT2D eigenvalue weighted by molar-refractivity contribution is 0.0973. The largest absolute Gasteiger partial charge is 0.337 e. The number of imidazole rings is 1. The third-order valence-electron chi connectivity index (χ3n) is 4.56. The minimum atomic E-state index is -0.164. The van der Waals surface area contributed by atoms with Gasteiger partial charge in [0.05, 0.1) is 16.7 Å². The first kappa shape index (κ1) is 17.7. The monoisotopic (exact) mass is 367 g/mol. The first-order valence-corrected chi connectivity index (χ1v) is 9.20. The normalized spacial score (nSPS) is 11.6. The van der Waals surface area contributed by atoms with E-state index >= 15 is 0 Å². The first-order chi connectivity index (χ1) is 13.6. The number of carbonyl (C=O) groups excluding carboxylic acids is 1. The Morgan fingerprint density at radius 1 is 0.929 bits per heavy atom. The molecule has 0 aliphatic heterocycles. The molecule has 1 heterocycles. The lowest BCUT2D eigenvalue weighted by Crippen LogP contribution is -2.22. The van der Waals surface area contributed by atoms with E-state index in [1.807, 2.05) is 92.7 Å². The summed E-state index contributed by atoms with van der Waals surface area (Å²) in [5, 5.41) is 3.03. The summed E-state index contributed by atoms with van der Waals surface area (Å²) >= 11 is 0. The summed E-state index contributed by atoms with van der Waals surface area (Å²) in [6.45, 7) is 4.02. The van der Waals surface area contributed by atoms with E-state index in [9.17, 15) is 4.79 Å². The first-order valence-electron chi connectivity index (χ1n) is 9.20. The van der Waals surface area contributed by atoms with E-state index in [1.165, 1.54) is 5.56 Å². The Labute approximate surface area is 164 Å². The quantitative estimate of drug-likeness (QED) is 0.527. The number of rotatable bonds is 4. The molecule has 1 amide bonds. The third kappa shape index (κ3) is 3.86. The van der Waals surface area contributed by atoms with Crippen LogP contribution in [0.4, 0.5) is 0 Å². The number of nitrogens with zero attached hydrogens (tertiary/aromatic N) is 1. The summed E-state index contributed by atoms with van der Waals surface area (Å²) in [5.41, 5.74) is 6.25. The molecule has 0 bridgehead atoms. The van der Waals surface area contributed by atoms with Gasteiger partial charge in [0.15, 0.2) is 5.82 Å². The predicted octanol–water partition coefficient (Wildman–Crippen LogP) is 5.11. The number of H-pyrrole nitrogens is 1. The fourth-order valence-electron chi connectivity index (χ4n) is 3.05. The van der Waals surface area contributed by atoms with Crippen LogP contribution in [-0.4, -0.2) is 15.9 Å². The summed E-state index contributed by atoms with van der Waals surface area (Å²) in [4.78, 5) is 20.8. The minimum Gasteiger partial charge on any atom is -0.337 e. The van der Waals surface area contributed by atoms with Crippen molar-refractivity contribution in [2.75, 3.05) is 0 Å². The van der Waals surface area contributed by atoms with Gasteiger partial charge in [0.25, 0.3) is 5.91 Å². The zero-order valence-electron chi connectivity index (χ0n) is 15.9. The third-order valence-corrected chi connectivity index (χ3v) is 4.56. The van der Waals surface area contributed by atoms with Gasteiger partial charge < -0.3 is 10.3 Å². The van der Waals surface area contributed by atoms with Crippen molar-refractivity contribution in [3.63, 3.8) is 0 Å². The van der Waals surface area contributed by atoms with E-state index < -0.39 is 0 Å². The van der Waals surface area contributed by atoms with Crippen molar-refractivity contribution < 1.29 is 4.79 Å². The average molecular weight is 367 g/mol. The van der Waals surface area contributed by atoms with Gasteiger partial charge in [-0.25, -0.2) is 4.98 Å². The SMILES string of the molecule is Cc1ccc(C=C(NC(=O)c2cccc(C)c2)c2nc3ccccc3[nH]2)cc1. The summed E-state index contributed by atoms with van der Waals surface area (Å²) in [5.74, 6) is 0.463. The molecule has 0 saturated heterocycles. The summed E-state index contributed by atoms with van der Waals surface area (Å²) in [6.07, 6.45) is 1.94. The standard InChI is InChI=1S/C24H21N3O/c1-16-10-12-18(13-11-16)15-22(23-25-20-8-3-4-9-21(20)26-23)27-24(28)19-7-5-6-17(2)14-19/h3-15H,1-2H3,(H,25,26)(H,27,28). The molecular weight excluding hydrogens is 346 g/mol. The van der Waals surface area contributed by atoms with E-state index in [2.05, 4.69) is 15.3 Å². The lowest BCUT2D eigenvalue weighted by Gasteiger charge is -2.09. The molecule has 2 N–H and O–H groups in total. The van der Waals surface area contributed by atoms with Crippen LogP contribution in [-0.2, 0) is 0 Å². The van der Waals surface area contributed by atoms with E-state index in [0.29, 0.717) is 17.1 Å². The Bertz CT molecular complexity index is 1140. The van der Waals surface area contributed by atoms with Crippen molar-refractivity contribution in [3.05, 3.63) is 101 Å². The molecule has 0 radical (unpaired) electrons. The van der Waals surface area contributed by atoms with Crippen LogP contribution < -0.4 is 5.32 Å². The highest BCUT2D eigenvalue weighted by Crippen LogP contribution is 2.19. The summed E-state index contributed by atoms with van der Waals surface area (Å²) < 4.78 is 0. The van der Waals surface area contributed by atoms with Gasteiger partial charge in [-0.2, -0.15) is 0 Å². The van der Waals surface area contributed by atoms with Crippen LogP contribution >= 0.6 is 0 Å². The van der Waals surface area contributed by atoms with Gasteiger partial charge in [0.2, 0.25) is 0 Å². The van der Waals surface area contributed by atoms with Crippen molar-refractivity contribution >= 4 is 28.7 Å². The van der Waals surface area contributed by atoms with E-state index in [4.69, 9.17) is 0 Å². The van der Waals surface area contributed by atoms with Crippen molar-refractivity contribution in [3.8, 4) is 0 Å². The maximum atomic E-state index is 12.8. The van der Waals surface area contributed by atoms with Crippen LogP contribution in [0.3, 0.4) is 0 Å². The van der Waals surface area contributed by atoms with E-state index in [-0.39, 0.29) is 5.91 Å². The van der Waals surface area contributed by atoms with Gasteiger partial charge >= 0.3 is 0 Å². The van der Waals surface area contributed by atoms with Crippen LogP contribution in [0.1, 0.15) is 32.9 Å². The number of hydrogen-bond acceptors (Lipinski definition) is 2. The van der Waals surface area contributed by atoms with Crippen molar-refractivity contribution in [1.82, 2.24) is 15.3 Å². The van der Waals surface area contributed by atoms with Crippen molar-refractivity contribution in [2.45, 2.75) is 13.8 Å². The van der Waals surface area contributed by atoms with Crippen molar-refractivity contribution in [1.29, 1.82) is 0 Å². The second kappa shape index (κ2) is 7.53. The molecule has 0 saturated carbocycles. The Kier molecular flexibility index (Phi) is 4.77. The molecule has 0 aliphatic rings. The molecule has 0 spiro atoms. The molecular formula is C24H21N3O. The molecule has 4 nitrogen and oxygen atoms in total. The van der Waals surface area contributed by atoms with Gasteiger partial charge in [0.1, 0.15) is 0 Å². The van der Waals surface area contributed by atoms with Gasteiger partial charge in [-0.15, -0.1) is 0 Å². The molecule has 0 unspecified atom stereocenters. The molecule has 4 rings (SSSR count). The van der Waals surface area contributed by atoms with Gasteiger partial charge in [-0.05, 0) is 49.8 Å². The molecule has 3 aromatic carbocycles. The zero-order chi connectivity index (χ0) is 19.5. The fraction of sp³-hybridized carbons (Fsp3) is 0.0833. The Balaban J connectivity index is 1.74. The van der Waals surface area contributed by atoms with Crippen LogP contribution in [0.5, 0.6) is 0 Å². The molecule has 0 aliphatic carbocycles. The highest BCUT2D eigenvalue weighted by atomic mass is 16.1. The van der Waals surface area contributed by atoms with Crippen LogP contribution in [0.15, 0.2) is 72.8 Å². The van der Waals surface area contributed by atoms with Gasteiger partial charge in [-0.3, -0.25) is 4.79 Å². The Morgan fingerprint density at radius 3 is 2.46 bits per heavy atom. The number of amides is 1. The summed E-state index contributed by atoms with van der Waals surface area (Å²) in [6, 6.07) is 23.5. The highest BCUT2D eigenvalue weighted by molar-refractivity contribution is 6.01. The summed E-state index contributed by atoms with van der Waals surface area (Å²) in [7, 11) is 0. The average Bonchev–Trinajstić information content (AvgIpc) is 3.13. The molecule has 1 aromatic heterocycles. The number of fused-ring (bicyclic) bond motifs is 1. The molecule has 0 fully saturated rings. The van der Waals surface area contributed by atoms with Gasteiger partial charge in [0, 0.05) is 5.56 Å². The number of nitrogens with one attached hydrogen (secondary N) is 2. The number of aromatic nitrogens is 2. The van der Waals surface area contributed by atoms with Crippen molar-refractivity contribution in [2.24, 2.45) is 0 Å². The highest BCUT2D eigenvalue weighted by Gasteiger charge is 2.13. The second-order valence-corrected chi connectivity index (χ2v) is 6.89. The number of para-hydroxylation sites is 2. The topological polar surface area (TPSA) is 57.8 Å². The Morgan fingerprint density at radius 2 is 1.71 bits per heavy atom. The lowest BCUT2D eigenvalue weighted by atomic mass is 10.1. The van der Waals surface area contributed by atoms with Crippen LogP contribution in [0.25, 0.3) is 22.8 Å². The fourth-order valence-corrected chi connectivity index (χ4v) is 3.05.